The van der Waals surface area contributed by atoms with E-state index < -0.39 is 11.0 Å². The van der Waals surface area contributed by atoms with Gasteiger partial charge in [-0.25, -0.2) is 4.79 Å². The number of benzene rings is 2. The zero-order chi connectivity index (χ0) is 20.0. The Bertz CT molecular complexity index is 1010. The number of carbonyl (C=O) groups excluding carboxylic acids is 2. The predicted molar refractivity (Wildman–Crippen MR) is 99.6 cm³/mol. The maximum Gasteiger partial charge on any atom is 0.322 e. The first-order chi connectivity index (χ1) is 13.4. The van der Waals surface area contributed by atoms with Gasteiger partial charge in [0.15, 0.2) is 0 Å². The summed E-state index contributed by atoms with van der Waals surface area (Å²) in [4.78, 5) is 38.8. The maximum atomic E-state index is 13.2. The molecule has 0 aromatic heterocycles. The number of anilines is 1. The first kappa shape index (κ1) is 17.5. The number of nitrogens with one attached hydrogen (secondary N) is 1. The van der Waals surface area contributed by atoms with Gasteiger partial charge in [-0.15, -0.1) is 0 Å². The fourth-order valence-corrected chi connectivity index (χ4v) is 3.45. The van der Waals surface area contributed by atoms with Crippen LogP contribution in [0.25, 0.3) is 0 Å². The molecule has 0 spiro atoms. The molecule has 0 aliphatic carbocycles. The Morgan fingerprint density at radius 1 is 1.11 bits per heavy atom. The number of rotatable bonds is 3. The van der Waals surface area contributed by atoms with Crippen molar-refractivity contribution in [1.82, 2.24) is 10.2 Å². The number of aromatic hydroxyl groups is 1. The summed E-state index contributed by atoms with van der Waals surface area (Å²) in [6.07, 6.45) is 0. The number of phenolic OH excluding ortho intramolecular Hbond substituents is 1. The Kier molecular flexibility index (Phi) is 3.99. The third kappa shape index (κ3) is 2.73. The van der Waals surface area contributed by atoms with Gasteiger partial charge in [-0.2, -0.15) is 0 Å². The van der Waals surface area contributed by atoms with Crippen LogP contribution >= 0.6 is 0 Å². The number of nitro benzene ring substituents is 1. The lowest BCUT2D eigenvalue weighted by atomic mass is 9.95. The molecule has 4 rings (SSSR count). The lowest BCUT2D eigenvalue weighted by Gasteiger charge is -2.31. The monoisotopic (exact) mass is 380 g/mol. The zero-order valence-corrected chi connectivity index (χ0v) is 14.8. The fraction of sp³-hybridized carbons (Fsp3) is 0.158. The second-order valence-electron chi connectivity index (χ2n) is 6.56. The van der Waals surface area contributed by atoms with Crippen molar-refractivity contribution in [3.05, 3.63) is 75.5 Å². The molecule has 2 aromatic carbocycles. The van der Waals surface area contributed by atoms with E-state index in [4.69, 9.17) is 0 Å². The average molecular weight is 380 g/mol. The number of carbonyl (C=O) groups is 2. The van der Waals surface area contributed by atoms with Crippen LogP contribution in [0.5, 0.6) is 5.75 Å². The van der Waals surface area contributed by atoms with Gasteiger partial charge in [0.2, 0.25) is 0 Å². The van der Waals surface area contributed by atoms with Crippen LogP contribution in [-0.4, -0.2) is 40.5 Å². The summed E-state index contributed by atoms with van der Waals surface area (Å²) in [5.41, 5.74) is 2.13. The largest absolute Gasteiger partial charge is 0.508 e. The topological polar surface area (TPSA) is 116 Å². The summed E-state index contributed by atoms with van der Waals surface area (Å²) in [7, 11) is 1.59. The maximum absolute atomic E-state index is 13.2. The van der Waals surface area contributed by atoms with Crippen LogP contribution in [-0.2, 0) is 4.79 Å². The Morgan fingerprint density at radius 2 is 1.75 bits per heavy atom. The highest BCUT2D eigenvalue weighted by atomic mass is 16.6. The Hall–Kier alpha value is -3.88. The minimum atomic E-state index is -0.644. The number of nitro groups is 1. The van der Waals surface area contributed by atoms with E-state index in [9.17, 15) is 24.8 Å². The smallest absolute Gasteiger partial charge is 0.322 e. The molecule has 0 saturated heterocycles. The highest BCUT2D eigenvalue weighted by Gasteiger charge is 2.43. The summed E-state index contributed by atoms with van der Waals surface area (Å²) in [5.74, 6) is -0.198. The van der Waals surface area contributed by atoms with E-state index >= 15 is 0 Å². The van der Waals surface area contributed by atoms with E-state index in [0.717, 1.165) is 0 Å². The van der Waals surface area contributed by atoms with Gasteiger partial charge in [0, 0.05) is 24.9 Å². The molecule has 2 heterocycles. The summed E-state index contributed by atoms with van der Waals surface area (Å²) >= 11 is 0. The van der Waals surface area contributed by atoms with Crippen molar-refractivity contribution in [1.29, 1.82) is 0 Å². The lowest BCUT2D eigenvalue weighted by Crippen LogP contribution is -2.45. The van der Waals surface area contributed by atoms with Gasteiger partial charge in [0.1, 0.15) is 5.75 Å². The molecule has 0 fully saturated rings. The standard InChI is InChI=1S/C19H16N4O5/c1-21-15-10-22(12-4-6-13(7-5-12)23(27)28)18(25)16(15)17(20-19(21)26)11-2-8-14(24)9-3-11/h2-9,17,24H,10H2,1H3,(H,20,26)/t17-/m1/s1. The van der Waals surface area contributed by atoms with E-state index in [0.29, 0.717) is 22.5 Å². The van der Waals surface area contributed by atoms with Crippen molar-refractivity contribution in [2.24, 2.45) is 0 Å². The first-order valence-corrected chi connectivity index (χ1v) is 8.49. The molecule has 1 atom stereocenters. The minimum Gasteiger partial charge on any atom is -0.508 e. The Balaban J connectivity index is 1.71. The molecule has 2 aliphatic heterocycles. The van der Waals surface area contributed by atoms with Crippen LogP contribution in [0, 0.1) is 10.1 Å². The molecule has 0 saturated carbocycles. The number of phenols is 1. The third-order valence-electron chi connectivity index (χ3n) is 4.96. The average Bonchev–Trinajstić information content (AvgIpc) is 3.03. The summed E-state index contributed by atoms with van der Waals surface area (Å²) < 4.78 is 0. The number of nitrogens with zero attached hydrogens (tertiary/aromatic N) is 3. The van der Waals surface area contributed by atoms with Crippen LogP contribution in [0.4, 0.5) is 16.2 Å². The molecule has 0 radical (unpaired) electrons. The molecule has 0 bridgehead atoms. The Morgan fingerprint density at radius 3 is 2.36 bits per heavy atom. The second-order valence-corrected chi connectivity index (χ2v) is 6.56. The third-order valence-corrected chi connectivity index (χ3v) is 4.96. The zero-order valence-electron chi connectivity index (χ0n) is 14.8. The summed E-state index contributed by atoms with van der Waals surface area (Å²) in [6, 6.07) is 11.0. The molecule has 0 unspecified atom stereocenters. The number of hydrogen-bond donors (Lipinski definition) is 2. The van der Waals surface area contributed by atoms with Gasteiger partial charge in [-0.1, -0.05) is 12.1 Å². The van der Waals surface area contributed by atoms with Crippen molar-refractivity contribution in [3.63, 3.8) is 0 Å². The van der Waals surface area contributed by atoms with E-state index in [2.05, 4.69) is 5.32 Å². The van der Waals surface area contributed by atoms with Crippen molar-refractivity contribution in [2.45, 2.75) is 6.04 Å². The van der Waals surface area contributed by atoms with Gasteiger partial charge >= 0.3 is 6.03 Å². The van der Waals surface area contributed by atoms with Crippen molar-refractivity contribution < 1.29 is 19.6 Å². The molecule has 3 amide bonds. The molecule has 2 aromatic rings. The molecular formula is C19H16N4O5. The van der Waals surface area contributed by atoms with Crippen molar-refractivity contribution >= 4 is 23.3 Å². The number of likely N-dealkylation sites (N-methyl/N-ethyl adjacent to an activating group) is 1. The lowest BCUT2D eigenvalue weighted by molar-refractivity contribution is -0.384. The van der Waals surface area contributed by atoms with E-state index in [1.807, 2.05) is 0 Å². The molecule has 142 valence electrons. The van der Waals surface area contributed by atoms with E-state index in [-0.39, 0.29) is 29.9 Å². The van der Waals surface area contributed by atoms with Crippen LogP contribution in [0.15, 0.2) is 59.8 Å². The van der Waals surface area contributed by atoms with Crippen LogP contribution < -0.4 is 10.2 Å². The molecule has 9 heteroatoms. The SMILES string of the molecule is CN1C(=O)N[C@H](c2ccc(O)cc2)C2=C1CN(c1ccc([N+](=O)[O-])cc1)C2=O. The summed E-state index contributed by atoms with van der Waals surface area (Å²) in [5, 5.41) is 23.2. The molecule has 28 heavy (non-hydrogen) atoms. The highest BCUT2D eigenvalue weighted by Crippen LogP contribution is 2.38. The molecule has 2 aliphatic rings. The quantitative estimate of drug-likeness (QED) is 0.626. The number of urea groups is 1. The van der Waals surface area contributed by atoms with Crippen LogP contribution in [0.1, 0.15) is 11.6 Å². The first-order valence-electron chi connectivity index (χ1n) is 8.49. The molecular weight excluding hydrogens is 364 g/mol. The second kappa shape index (κ2) is 6.38. The highest BCUT2D eigenvalue weighted by molar-refractivity contribution is 6.11. The minimum absolute atomic E-state index is 0.0657. The normalized spacial score (nSPS) is 19.0. The van der Waals surface area contributed by atoms with Crippen LogP contribution in [0.3, 0.4) is 0 Å². The predicted octanol–water partition coefficient (Wildman–Crippen LogP) is 2.30. The number of amides is 3. The summed E-state index contributed by atoms with van der Waals surface area (Å²) in [6.45, 7) is 0.185. The molecule has 9 nitrogen and oxygen atoms in total. The van der Waals surface area contributed by atoms with E-state index in [1.54, 1.807) is 19.2 Å². The van der Waals surface area contributed by atoms with Gasteiger partial charge in [0.05, 0.1) is 28.8 Å². The van der Waals surface area contributed by atoms with Gasteiger partial charge < -0.3 is 15.3 Å². The number of non-ortho nitro benzene ring substituents is 1. The van der Waals surface area contributed by atoms with Gasteiger partial charge in [-0.3, -0.25) is 19.8 Å². The van der Waals surface area contributed by atoms with Crippen LogP contribution in [0.2, 0.25) is 0 Å². The van der Waals surface area contributed by atoms with Crippen molar-refractivity contribution in [2.75, 3.05) is 18.5 Å². The number of hydrogen-bond acceptors (Lipinski definition) is 5. The van der Waals surface area contributed by atoms with E-state index in [1.165, 1.54) is 46.2 Å². The van der Waals surface area contributed by atoms with Gasteiger partial charge in [-0.05, 0) is 29.8 Å². The molecule has 2 N–H and O–H groups in total. The fourth-order valence-electron chi connectivity index (χ4n) is 3.45. The Labute approximate surface area is 159 Å². The van der Waals surface area contributed by atoms with Crippen molar-refractivity contribution in [3.8, 4) is 5.75 Å². The van der Waals surface area contributed by atoms with Gasteiger partial charge in [0.25, 0.3) is 11.6 Å².